The molecule has 22 heteroatoms. The summed E-state index contributed by atoms with van der Waals surface area (Å²) in [5.74, 6) is 0. The summed E-state index contributed by atoms with van der Waals surface area (Å²) in [4.78, 5) is 74.4. The lowest BCUT2D eigenvalue weighted by molar-refractivity contribution is -0.339. The molecule has 0 spiro atoms. The molecule has 0 aromatic carbocycles. The van der Waals surface area contributed by atoms with Crippen LogP contribution in [0.4, 0.5) is 0 Å². The minimum Gasteiger partial charge on any atom is -0.790 e. The van der Waals surface area contributed by atoms with Gasteiger partial charge < -0.3 is 43.6 Å². The Kier molecular flexibility index (Phi) is 6.78. The molecule has 0 bridgehead atoms. The number of aliphatic hydroxyl groups is 2. The molecule has 0 amide bonds. The van der Waals surface area contributed by atoms with Crippen molar-refractivity contribution in [1.82, 2.24) is 19.5 Å². The molecule has 2 unspecified atom stereocenters. The van der Waals surface area contributed by atoms with E-state index in [0.717, 1.165) is 10.9 Å². The van der Waals surface area contributed by atoms with Gasteiger partial charge in [-0.2, -0.15) is 0 Å². The summed E-state index contributed by atoms with van der Waals surface area (Å²) in [6.07, 6.45) is -5.82. The first-order valence-electron chi connectivity index (χ1n) is 8.01. The summed E-state index contributed by atoms with van der Waals surface area (Å²) in [7, 11) is -18.2. The van der Waals surface area contributed by atoms with Crippen LogP contribution in [0.1, 0.15) is 6.23 Å². The zero-order valence-corrected chi connectivity index (χ0v) is 17.7. The van der Waals surface area contributed by atoms with Gasteiger partial charge in [0.25, 0.3) is 21.2 Å². The van der Waals surface area contributed by atoms with Crippen molar-refractivity contribution >= 4 is 34.6 Å². The van der Waals surface area contributed by atoms with Gasteiger partial charge in [0.15, 0.2) is 11.7 Å². The standard InChI is InChI=1S/C10H15N4O15P3/c15-5-3(1-26-31(22,23)29-32(24,25)28-30(19,20)21)27-9(6(5)16)14-2-11-4-7(14)12-10(18)13-8(4)17/h2-3,5-6,9,15-16H,1H2,(H,22,23)(H,24,25)(H2,19,20,21)(H2,12,13,17,18)/p-4/t3-,5-,6-,9-/m1/s1. The number of hydrogen-bond acceptors (Lipinski definition) is 16. The van der Waals surface area contributed by atoms with E-state index < -0.39 is 65.9 Å². The molecule has 19 nitrogen and oxygen atoms in total. The van der Waals surface area contributed by atoms with E-state index in [9.17, 15) is 53.1 Å². The molecule has 1 saturated heterocycles. The molecule has 6 atom stereocenters. The van der Waals surface area contributed by atoms with Gasteiger partial charge in [0, 0.05) is 0 Å². The lowest BCUT2D eigenvalue weighted by Gasteiger charge is -2.37. The van der Waals surface area contributed by atoms with Gasteiger partial charge >= 0.3 is 5.69 Å². The van der Waals surface area contributed by atoms with Crippen molar-refractivity contribution in [2.45, 2.75) is 24.5 Å². The van der Waals surface area contributed by atoms with Crippen LogP contribution in [0, 0.1) is 0 Å². The van der Waals surface area contributed by atoms with Crippen molar-refractivity contribution in [3.05, 3.63) is 27.2 Å². The van der Waals surface area contributed by atoms with Gasteiger partial charge in [-0.1, -0.05) is 0 Å². The van der Waals surface area contributed by atoms with Crippen LogP contribution in [-0.2, 0) is 31.6 Å². The third-order valence-corrected chi connectivity index (χ3v) is 7.54. The topological polar surface area (TPSA) is 304 Å². The van der Waals surface area contributed by atoms with E-state index in [1.807, 2.05) is 4.98 Å². The van der Waals surface area contributed by atoms with Gasteiger partial charge in [0.2, 0.25) is 0 Å². The molecule has 180 valence electrons. The first-order valence-corrected chi connectivity index (χ1v) is 12.4. The van der Waals surface area contributed by atoms with Gasteiger partial charge in [0.05, 0.1) is 20.8 Å². The number of fused-ring (bicyclic) bond motifs is 1. The summed E-state index contributed by atoms with van der Waals surface area (Å²) >= 11 is 0. The van der Waals surface area contributed by atoms with Crippen molar-refractivity contribution in [2.24, 2.45) is 0 Å². The Bertz CT molecular complexity index is 1260. The molecule has 4 N–H and O–H groups in total. The highest BCUT2D eigenvalue weighted by atomic mass is 31.3. The summed E-state index contributed by atoms with van der Waals surface area (Å²) in [5.41, 5.74) is -2.26. The predicted octanol–water partition coefficient (Wildman–Crippen LogP) is -5.15. The van der Waals surface area contributed by atoms with Crippen molar-refractivity contribution in [3.8, 4) is 0 Å². The number of imidazole rings is 1. The number of nitrogens with zero attached hydrogens (tertiary/aromatic N) is 2. The molecule has 2 aromatic heterocycles. The van der Waals surface area contributed by atoms with Crippen molar-refractivity contribution in [3.63, 3.8) is 0 Å². The first-order chi connectivity index (χ1) is 14.6. The van der Waals surface area contributed by atoms with Crippen molar-refractivity contribution in [1.29, 1.82) is 0 Å². The number of aliphatic hydroxyl groups excluding tert-OH is 2. The molecule has 2 aromatic rings. The van der Waals surface area contributed by atoms with E-state index in [2.05, 4.69) is 23.1 Å². The average molecular weight is 520 g/mol. The van der Waals surface area contributed by atoms with Crippen LogP contribution in [0.3, 0.4) is 0 Å². The van der Waals surface area contributed by atoms with Crippen molar-refractivity contribution < 1.29 is 61.4 Å². The quantitative estimate of drug-likeness (QED) is 0.236. The zero-order valence-electron chi connectivity index (χ0n) is 15.0. The number of hydrogen-bond donors (Lipinski definition) is 4. The average Bonchev–Trinajstić information content (AvgIpc) is 3.12. The van der Waals surface area contributed by atoms with Crippen LogP contribution in [-0.4, -0.2) is 54.7 Å². The fourth-order valence-electron chi connectivity index (χ4n) is 2.69. The van der Waals surface area contributed by atoms with E-state index in [0.29, 0.717) is 0 Å². The van der Waals surface area contributed by atoms with E-state index in [1.165, 1.54) is 0 Å². The van der Waals surface area contributed by atoms with Crippen LogP contribution in [0.15, 0.2) is 15.9 Å². The van der Waals surface area contributed by atoms with Gasteiger partial charge in [0.1, 0.15) is 24.0 Å². The highest BCUT2D eigenvalue weighted by molar-refractivity contribution is 7.64. The number of nitrogens with one attached hydrogen (secondary N) is 2. The number of H-pyrrole nitrogens is 2. The maximum Gasteiger partial charge on any atom is 0.327 e. The summed E-state index contributed by atoms with van der Waals surface area (Å²) in [6.45, 7) is -1.16. The van der Waals surface area contributed by atoms with Gasteiger partial charge in [-0.05, 0) is 0 Å². The minimum absolute atomic E-state index is 0.210. The number of phosphoric ester groups is 1. The molecule has 1 fully saturated rings. The normalized spacial score (nSPS) is 27.9. The van der Waals surface area contributed by atoms with Gasteiger partial charge in [-0.15, -0.1) is 0 Å². The van der Waals surface area contributed by atoms with Crippen LogP contribution in [0.25, 0.3) is 11.2 Å². The largest absolute Gasteiger partial charge is 0.790 e. The molecule has 32 heavy (non-hydrogen) atoms. The number of aromatic amines is 2. The summed E-state index contributed by atoms with van der Waals surface area (Å²) in [5, 5.41) is 20.3. The lowest BCUT2D eigenvalue weighted by atomic mass is 10.1. The van der Waals surface area contributed by atoms with E-state index in [1.54, 1.807) is 0 Å². The van der Waals surface area contributed by atoms with E-state index in [4.69, 9.17) is 4.74 Å². The smallest absolute Gasteiger partial charge is 0.327 e. The molecule has 1 aliphatic heterocycles. The Labute approximate surface area is 174 Å². The van der Waals surface area contributed by atoms with Crippen LogP contribution in [0.2, 0.25) is 0 Å². The predicted molar refractivity (Wildman–Crippen MR) is 87.8 cm³/mol. The highest BCUT2D eigenvalue weighted by Crippen LogP contribution is 2.60. The Hall–Kier alpha value is -1.56. The summed E-state index contributed by atoms with van der Waals surface area (Å²) in [6, 6.07) is 0. The molecule has 3 rings (SSSR count). The fraction of sp³-hybridized carbons (Fsp3) is 0.500. The second-order valence-electron chi connectivity index (χ2n) is 6.10. The second kappa shape index (κ2) is 8.66. The van der Waals surface area contributed by atoms with Gasteiger partial charge in [-0.3, -0.25) is 32.8 Å². The van der Waals surface area contributed by atoms with E-state index in [-0.39, 0.29) is 11.2 Å². The van der Waals surface area contributed by atoms with E-state index >= 15 is 0 Å². The Morgan fingerprint density at radius 3 is 2.34 bits per heavy atom. The number of phosphoric acid groups is 3. The highest BCUT2D eigenvalue weighted by Gasteiger charge is 2.45. The molecule has 0 saturated carbocycles. The number of aromatic nitrogens is 4. The van der Waals surface area contributed by atoms with Gasteiger partial charge in [-0.25, -0.2) is 14.1 Å². The number of ether oxygens (including phenoxy) is 1. The third kappa shape index (κ3) is 5.67. The Balaban J connectivity index is 1.73. The van der Waals surface area contributed by atoms with Crippen LogP contribution >= 0.6 is 23.5 Å². The molecular formula is C10H11N4O15P3-4. The zero-order chi connectivity index (χ0) is 24.1. The fourth-order valence-corrected chi connectivity index (χ4v) is 5.56. The molecule has 1 aliphatic rings. The Morgan fingerprint density at radius 1 is 1.06 bits per heavy atom. The lowest BCUT2D eigenvalue weighted by Crippen LogP contribution is -2.34. The molecular weight excluding hydrogens is 509 g/mol. The molecule has 0 aliphatic carbocycles. The maximum atomic E-state index is 11.7. The summed E-state index contributed by atoms with van der Waals surface area (Å²) < 4.78 is 49.8. The van der Waals surface area contributed by atoms with Crippen molar-refractivity contribution in [2.75, 3.05) is 6.61 Å². The molecule has 3 heterocycles. The third-order valence-electron chi connectivity index (χ3n) is 3.88. The Morgan fingerprint density at radius 2 is 1.72 bits per heavy atom. The first kappa shape index (κ1) is 25.1. The number of rotatable bonds is 8. The monoisotopic (exact) mass is 520 g/mol. The minimum atomic E-state index is -6.18. The SMILES string of the molecule is O=c1[nH]c(=O)c2ncn([C@@H]3O[C@H](COP(=O)([O-])OP(=O)([O-])OP(=O)([O-])[O-])[C@@H](O)[C@H]3O)c2[nH]1. The van der Waals surface area contributed by atoms with Crippen LogP contribution < -0.4 is 30.8 Å². The van der Waals surface area contributed by atoms with Crippen LogP contribution in [0.5, 0.6) is 0 Å². The second-order valence-corrected chi connectivity index (χ2v) is 10.4. The molecule has 0 radical (unpaired) electrons. The maximum absolute atomic E-state index is 11.7.